The zero-order chi connectivity index (χ0) is 18.7. The van der Waals surface area contributed by atoms with Crippen LogP contribution >= 0.6 is 0 Å². The lowest BCUT2D eigenvalue weighted by atomic mass is 10.0. The summed E-state index contributed by atoms with van der Waals surface area (Å²) in [6.07, 6.45) is 1.52. The highest BCUT2D eigenvalue weighted by Crippen LogP contribution is 2.24. The lowest BCUT2D eigenvalue weighted by Gasteiger charge is -2.10. The molecular weight excluding hydrogens is 326 g/mol. The van der Waals surface area contributed by atoms with E-state index in [-0.39, 0.29) is 0 Å². The number of nitrogens with zero attached hydrogens (tertiary/aromatic N) is 2. The minimum Gasteiger partial charge on any atom is -0.453 e. The number of methoxy groups -OCH3 is 1. The van der Waals surface area contributed by atoms with Crippen LogP contribution in [0.4, 0.5) is 4.79 Å². The van der Waals surface area contributed by atoms with Crippen LogP contribution in [0.2, 0.25) is 0 Å². The lowest BCUT2D eigenvalue weighted by Crippen LogP contribution is -2.22. The van der Waals surface area contributed by atoms with E-state index in [1.807, 2.05) is 42.1 Å². The van der Waals surface area contributed by atoms with Gasteiger partial charge in [-0.2, -0.15) is 5.10 Å². The zero-order valence-electron chi connectivity index (χ0n) is 15.5. The van der Waals surface area contributed by atoms with Gasteiger partial charge in [-0.05, 0) is 55.7 Å². The molecular formula is C21H23N3O2. The topological polar surface area (TPSA) is 56.1 Å². The normalized spacial score (nSPS) is 10.6. The van der Waals surface area contributed by atoms with Crippen molar-refractivity contribution in [3.63, 3.8) is 0 Å². The van der Waals surface area contributed by atoms with Gasteiger partial charge in [0.05, 0.1) is 18.5 Å². The van der Waals surface area contributed by atoms with E-state index in [9.17, 15) is 4.79 Å². The highest BCUT2D eigenvalue weighted by atomic mass is 16.5. The highest BCUT2D eigenvalue weighted by Gasteiger charge is 2.09. The molecule has 0 saturated heterocycles. The summed E-state index contributed by atoms with van der Waals surface area (Å²) in [6, 6.07) is 14.5. The fraction of sp³-hybridized carbons (Fsp3) is 0.238. The Hall–Kier alpha value is -3.08. The van der Waals surface area contributed by atoms with Crippen LogP contribution in [-0.2, 0) is 11.3 Å². The number of alkyl carbamates (subject to hydrolysis) is 1. The molecule has 0 aliphatic rings. The van der Waals surface area contributed by atoms with Crippen molar-refractivity contribution >= 4 is 6.09 Å². The molecule has 134 valence electrons. The molecule has 1 heterocycles. The summed E-state index contributed by atoms with van der Waals surface area (Å²) >= 11 is 0. The maximum atomic E-state index is 11.3. The minimum atomic E-state index is -0.439. The summed E-state index contributed by atoms with van der Waals surface area (Å²) in [5, 5.41) is 7.45. The maximum absolute atomic E-state index is 11.3. The first-order valence-corrected chi connectivity index (χ1v) is 8.53. The first kappa shape index (κ1) is 17.7. The Morgan fingerprint density at radius 2 is 1.88 bits per heavy atom. The van der Waals surface area contributed by atoms with Crippen LogP contribution < -0.4 is 5.32 Å². The van der Waals surface area contributed by atoms with Gasteiger partial charge in [0.25, 0.3) is 0 Å². The molecule has 2 aromatic carbocycles. The predicted molar refractivity (Wildman–Crippen MR) is 102 cm³/mol. The quantitative estimate of drug-likeness (QED) is 0.763. The fourth-order valence-electron chi connectivity index (χ4n) is 2.94. The van der Waals surface area contributed by atoms with E-state index >= 15 is 0 Å². The smallest absolute Gasteiger partial charge is 0.407 e. The third kappa shape index (κ3) is 3.77. The molecule has 0 saturated carbocycles. The van der Waals surface area contributed by atoms with E-state index in [4.69, 9.17) is 5.10 Å². The van der Waals surface area contributed by atoms with Gasteiger partial charge >= 0.3 is 6.09 Å². The number of ether oxygens (including phenoxy) is 1. The number of rotatable bonds is 4. The molecule has 0 fully saturated rings. The van der Waals surface area contributed by atoms with Gasteiger partial charge in [0, 0.05) is 18.3 Å². The highest BCUT2D eigenvalue weighted by molar-refractivity contribution is 5.67. The largest absolute Gasteiger partial charge is 0.453 e. The SMILES string of the molecule is COC(=O)NCc1cc(-n2ccc(-c3ccc(C)cc3C)n2)ccc1C. The van der Waals surface area contributed by atoms with E-state index in [1.165, 1.54) is 18.2 Å². The Morgan fingerprint density at radius 3 is 2.62 bits per heavy atom. The molecule has 1 N–H and O–H groups in total. The molecule has 0 unspecified atom stereocenters. The molecule has 0 radical (unpaired) electrons. The molecule has 26 heavy (non-hydrogen) atoms. The van der Waals surface area contributed by atoms with E-state index in [0.717, 1.165) is 28.1 Å². The molecule has 0 spiro atoms. The summed E-state index contributed by atoms with van der Waals surface area (Å²) in [5.74, 6) is 0. The van der Waals surface area contributed by atoms with Gasteiger partial charge in [0.1, 0.15) is 0 Å². The van der Waals surface area contributed by atoms with Crippen LogP contribution in [-0.4, -0.2) is 23.0 Å². The standard InChI is InChI=1S/C21H23N3O2/c1-14-5-8-19(16(3)11-14)20-9-10-24(23-20)18-7-6-15(2)17(12-18)13-22-21(25)26-4/h5-12H,13H2,1-4H3,(H,22,25). The van der Waals surface area contributed by atoms with Crippen LogP contribution in [0.25, 0.3) is 16.9 Å². The van der Waals surface area contributed by atoms with Gasteiger partial charge in [-0.1, -0.05) is 29.8 Å². The zero-order valence-corrected chi connectivity index (χ0v) is 15.5. The van der Waals surface area contributed by atoms with Gasteiger partial charge in [-0.25, -0.2) is 9.48 Å². The average molecular weight is 349 g/mol. The molecule has 0 aliphatic heterocycles. The first-order chi connectivity index (χ1) is 12.5. The number of aryl methyl sites for hydroxylation is 3. The number of carbonyl (C=O) groups is 1. The minimum absolute atomic E-state index is 0.414. The molecule has 0 aliphatic carbocycles. The molecule has 1 aromatic heterocycles. The Bertz CT molecular complexity index is 944. The second-order valence-corrected chi connectivity index (χ2v) is 6.42. The van der Waals surface area contributed by atoms with Crippen molar-refractivity contribution in [1.82, 2.24) is 15.1 Å². The summed E-state index contributed by atoms with van der Waals surface area (Å²) in [5.41, 5.74) is 7.61. The van der Waals surface area contributed by atoms with Crippen molar-refractivity contribution in [2.24, 2.45) is 0 Å². The Kier molecular flexibility index (Phi) is 5.07. The molecule has 1 amide bonds. The number of hydrogen-bond donors (Lipinski definition) is 1. The second-order valence-electron chi connectivity index (χ2n) is 6.42. The average Bonchev–Trinajstić information content (AvgIpc) is 3.10. The number of nitrogens with one attached hydrogen (secondary N) is 1. The molecule has 3 aromatic rings. The van der Waals surface area contributed by atoms with Gasteiger partial charge in [0.15, 0.2) is 0 Å². The first-order valence-electron chi connectivity index (χ1n) is 8.53. The number of amides is 1. The summed E-state index contributed by atoms with van der Waals surface area (Å²) in [7, 11) is 1.36. The fourth-order valence-corrected chi connectivity index (χ4v) is 2.94. The van der Waals surface area contributed by atoms with E-state index < -0.39 is 6.09 Å². The van der Waals surface area contributed by atoms with Crippen LogP contribution in [0.1, 0.15) is 22.3 Å². The van der Waals surface area contributed by atoms with E-state index in [1.54, 1.807) is 0 Å². The molecule has 0 bridgehead atoms. The monoisotopic (exact) mass is 349 g/mol. The van der Waals surface area contributed by atoms with E-state index in [0.29, 0.717) is 6.54 Å². The van der Waals surface area contributed by atoms with Gasteiger partial charge in [0.2, 0.25) is 0 Å². The predicted octanol–water partition coefficient (Wildman–Crippen LogP) is 4.32. The number of hydrogen-bond acceptors (Lipinski definition) is 3. The summed E-state index contributed by atoms with van der Waals surface area (Å²) in [4.78, 5) is 11.3. The number of carbonyl (C=O) groups excluding carboxylic acids is 1. The van der Waals surface area contributed by atoms with Crippen molar-refractivity contribution < 1.29 is 9.53 Å². The Balaban J connectivity index is 1.88. The van der Waals surface area contributed by atoms with Crippen LogP contribution in [0.5, 0.6) is 0 Å². The lowest BCUT2D eigenvalue weighted by molar-refractivity contribution is 0.170. The summed E-state index contributed by atoms with van der Waals surface area (Å²) in [6.45, 7) is 6.62. The van der Waals surface area contributed by atoms with Gasteiger partial charge in [-0.3, -0.25) is 0 Å². The third-order valence-electron chi connectivity index (χ3n) is 4.45. The van der Waals surface area contributed by atoms with Crippen molar-refractivity contribution in [3.8, 4) is 16.9 Å². The van der Waals surface area contributed by atoms with Crippen LogP contribution in [0.15, 0.2) is 48.7 Å². The van der Waals surface area contributed by atoms with Crippen molar-refractivity contribution in [3.05, 3.63) is 70.9 Å². The molecule has 5 heteroatoms. The Morgan fingerprint density at radius 1 is 1.08 bits per heavy atom. The van der Waals surface area contributed by atoms with Crippen molar-refractivity contribution in [1.29, 1.82) is 0 Å². The molecule has 0 atom stereocenters. The van der Waals surface area contributed by atoms with E-state index in [2.05, 4.69) is 42.1 Å². The molecule has 5 nitrogen and oxygen atoms in total. The maximum Gasteiger partial charge on any atom is 0.407 e. The summed E-state index contributed by atoms with van der Waals surface area (Å²) < 4.78 is 6.49. The third-order valence-corrected chi connectivity index (χ3v) is 4.45. The number of benzene rings is 2. The second kappa shape index (κ2) is 7.44. The van der Waals surface area contributed by atoms with Crippen molar-refractivity contribution in [2.45, 2.75) is 27.3 Å². The van der Waals surface area contributed by atoms with Crippen LogP contribution in [0, 0.1) is 20.8 Å². The van der Waals surface area contributed by atoms with Gasteiger partial charge in [-0.15, -0.1) is 0 Å². The Labute approximate surface area is 153 Å². The molecule has 3 rings (SSSR count). The van der Waals surface area contributed by atoms with Gasteiger partial charge < -0.3 is 10.1 Å². The van der Waals surface area contributed by atoms with Crippen LogP contribution in [0.3, 0.4) is 0 Å². The van der Waals surface area contributed by atoms with Crippen molar-refractivity contribution in [2.75, 3.05) is 7.11 Å². The number of aromatic nitrogens is 2.